The molecule has 0 unspecified atom stereocenters. The van der Waals surface area contributed by atoms with Gasteiger partial charge in [-0.05, 0) is 62.1 Å². The summed E-state index contributed by atoms with van der Waals surface area (Å²) >= 11 is 0. The highest BCUT2D eigenvalue weighted by Crippen LogP contribution is 2.28. The van der Waals surface area contributed by atoms with Gasteiger partial charge in [0.15, 0.2) is 5.58 Å². The van der Waals surface area contributed by atoms with E-state index in [1.54, 1.807) is 36.4 Å². The average Bonchev–Trinajstić information content (AvgIpc) is 3.35. The predicted octanol–water partition coefficient (Wildman–Crippen LogP) is 5.75. The van der Waals surface area contributed by atoms with Gasteiger partial charge in [0.2, 0.25) is 11.8 Å². The van der Waals surface area contributed by atoms with Crippen LogP contribution in [0.1, 0.15) is 41.3 Å². The molecule has 0 saturated carbocycles. The lowest BCUT2D eigenvalue weighted by atomic mass is 9.84. The van der Waals surface area contributed by atoms with Crippen molar-refractivity contribution in [2.75, 3.05) is 13.1 Å². The fourth-order valence-corrected chi connectivity index (χ4v) is 4.86. The minimum Gasteiger partial charge on any atom is -0.436 e. The highest BCUT2D eigenvalue weighted by atomic mass is 19.1. The van der Waals surface area contributed by atoms with Crippen LogP contribution in [0.2, 0.25) is 0 Å². The number of hydrogen-bond acceptors (Lipinski definition) is 4. The monoisotopic (exact) mass is 499 g/mol. The Balaban J connectivity index is 1.18. The Morgan fingerprint density at radius 1 is 1.08 bits per heavy atom. The molecule has 2 amide bonds. The topological polar surface area (TPSA) is 75.4 Å². The van der Waals surface area contributed by atoms with Gasteiger partial charge in [0.1, 0.15) is 11.3 Å². The Hall–Kier alpha value is -4.00. The van der Waals surface area contributed by atoms with Gasteiger partial charge < -0.3 is 14.6 Å². The van der Waals surface area contributed by atoms with Crippen LogP contribution in [-0.4, -0.2) is 34.8 Å². The molecule has 2 heterocycles. The van der Waals surface area contributed by atoms with E-state index in [-0.39, 0.29) is 36.0 Å². The molecule has 6 nitrogen and oxygen atoms in total. The SMILES string of the molecule is Cc1ccc(-c2nc3cc(C(=O)N4CCC([C@H](C)C(=O)NCc5ccccc5F)CC4)ccc3o2)cc1. The number of amides is 2. The Morgan fingerprint density at radius 2 is 1.81 bits per heavy atom. The van der Waals surface area contributed by atoms with E-state index in [0.717, 1.165) is 24.0 Å². The van der Waals surface area contributed by atoms with Crippen molar-refractivity contribution in [2.45, 2.75) is 33.2 Å². The molecule has 0 radical (unpaired) electrons. The molecule has 1 fully saturated rings. The second-order valence-corrected chi connectivity index (χ2v) is 9.80. The van der Waals surface area contributed by atoms with Crippen LogP contribution >= 0.6 is 0 Å². The van der Waals surface area contributed by atoms with Gasteiger partial charge in [0.05, 0.1) is 0 Å². The van der Waals surface area contributed by atoms with Crippen molar-refractivity contribution < 1.29 is 18.4 Å². The van der Waals surface area contributed by atoms with Crippen LogP contribution in [0.25, 0.3) is 22.6 Å². The Bertz CT molecular complexity index is 1420. The van der Waals surface area contributed by atoms with E-state index in [1.165, 1.54) is 6.07 Å². The van der Waals surface area contributed by atoms with Crippen LogP contribution < -0.4 is 5.32 Å². The first-order valence-corrected chi connectivity index (χ1v) is 12.7. The molecule has 1 aliphatic heterocycles. The summed E-state index contributed by atoms with van der Waals surface area (Å²) in [6, 6.07) is 19.8. The number of nitrogens with zero attached hydrogens (tertiary/aromatic N) is 2. The number of aryl methyl sites for hydroxylation is 1. The molecule has 7 heteroatoms. The summed E-state index contributed by atoms with van der Waals surface area (Å²) in [6.07, 6.45) is 1.48. The highest BCUT2D eigenvalue weighted by molar-refractivity contribution is 5.97. The number of piperidine rings is 1. The maximum atomic E-state index is 13.8. The van der Waals surface area contributed by atoms with Gasteiger partial charge >= 0.3 is 0 Å². The van der Waals surface area contributed by atoms with E-state index < -0.39 is 0 Å². The average molecular weight is 500 g/mol. The van der Waals surface area contributed by atoms with Crippen molar-refractivity contribution in [2.24, 2.45) is 11.8 Å². The quantitative estimate of drug-likeness (QED) is 0.367. The molecule has 0 spiro atoms. The molecular formula is C30H30FN3O3. The lowest BCUT2D eigenvalue weighted by Gasteiger charge is -2.34. The van der Waals surface area contributed by atoms with Crippen LogP contribution in [0.15, 0.2) is 71.1 Å². The highest BCUT2D eigenvalue weighted by Gasteiger charge is 2.30. The number of aromatic nitrogens is 1. The molecule has 3 aromatic carbocycles. The van der Waals surface area contributed by atoms with Crippen molar-refractivity contribution >= 4 is 22.9 Å². The lowest BCUT2D eigenvalue weighted by Crippen LogP contribution is -2.42. The van der Waals surface area contributed by atoms with Gasteiger partial charge in [-0.25, -0.2) is 9.37 Å². The van der Waals surface area contributed by atoms with Crippen molar-refractivity contribution in [3.8, 4) is 11.5 Å². The Labute approximate surface area is 215 Å². The number of carbonyl (C=O) groups excluding carboxylic acids is 2. The van der Waals surface area contributed by atoms with Crippen LogP contribution in [0.5, 0.6) is 0 Å². The normalized spacial score (nSPS) is 15.1. The first-order chi connectivity index (χ1) is 17.9. The number of halogens is 1. The van der Waals surface area contributed by atoms with E-state index in [2.05, 4.69) is 10.3 Å². The smallest absolute Gasteiger partial charge is 0.253 e. The van der Waals surface area contributed by atoms with Crippen LogP contribution in [-0.2, 0) is 11.3 Å². The molecule has 37 heavy (non-hydrogen) atoms. The van der Waals surface area contributed by atoms with Gasteiger partial charge in [-0.3, -0.25) is 9.59 Å². The second kappa shape index (κ2) is 10.5. The van der Waals surface area contributed by atoms with Crippen molar-refractivity contribution in [1.29, 1.82) is 0 Å². The van der Waals surface area contributed by atoms with Crippen LogP contribution in [0.4, 0.5) is 4.39 Å². The van der Waals surface area contributed by atoms with Gasteiger partial charge in [0.25, 0.3) is 5.91 Å². The largest absolute Gasteiger partial charge is 0.436 e. The molecule has 4 aromatic rings. The second-order valence-electron chi connectivity index (χ2n) is 9.80. The number of fused-ring (bicyclic) bond motifs is 1. The summed E-state index contributed by atoms with van der Waals surface area (Å²) in [5.74, 6) is 0.0291. The summed E-state index contributed by atoms with van der Waals surface area (Å²) in [5, 5.41) is 2.85. The van der Waals surface area contributed by atoms with Gasteiger partial charge in [0, 0.05) is 42.2 Å². The molecule has 1 aliphatic rings. The standard InChI is InChI=1S/C30H30FN3O3/c1-19-7-9-22(10-8-19)29-33-26-17-23(11-12-27(26)37-29)30(36)34-15-13-21(14-16-34)20(2)28(35)32-18-24-5-3-4-6-25(24)31/h3-12,17,20-21H,13-16,18H2,1-2H3,(H,32,35)/t20-/m0/s1. The number of hydrogen-bond donors (Lipinski definition) is 1. The number of likely N-dealkylation sites (tertiary alicyclic amines) is 1. The fraction of sp³-hybridized carbons (Fsp3) is 0.300. The molecule has 1 atom stereocenters. The molecular weight excluding hydrogens is 469 g/mol. The number of oxazole rings is 1. The first-order valence-electron chi connectivity index (χ1n) is 12.7. The molecule has 5 rings (SSSR count). The zero-order chi connectivity index (χ0) is 25.9. The third-order valence-corrected chi connectivity index (χ3v) is 7.29. The van der Waals surface area contributed by atoms with E-state index in [1.807, 2.05) is 43.0 Å². The van der Waals surface area contributed by atoms with E-state index >= 15 is 0 Å². The van der Waals surface area contributed by atoms with Gasteiger partial charge in [-0.15, -0.1) is 0 Å². The third kappa shape index (κ3) is 5.40. The first kappa shape index (κ1) is 24.7. The van der Waals surface area contributed by atoms with Crippen molar-refractivity contribution in [1.82, 2.24) is 15.2 Å². The zero-order valence-corrected chi connectivity index (χ0v) is 21.0. The Kier molecular flexibility index (Phi) is 7.04. The molecule has 1 aromatic heterocycles. The predicted molar refractivity (Wildman–Crippen MR) is 140 cm³/mol. The minimum absolute atomic E-state index is 0.0445. The van der Waals surface area contributed by atoms with Gasteiger partial charge in [-0.1, -0.05) is 42.8 Å². The lowest BCUT2D eigenvalue weighted by molar-refractivity contribution is -0.126. The number of benzene rings is 3. The van der Waals surface area contributed by atoms with Gasteiger partial charge in [-0.2, -0.15) is 0 Å². The Morgan fingerprint density at radius 3 is 2.54 bits per heavy atom. The summed E-state index contributed by atoms with van der Waals surface area (Å²) in [4.78, 5) is 32.3. The van der Waals surface area contributed by atoms with E-state index in [4.69, 9.17) is 4.42 Å². The summed E-state index contributed by atoms with van der Waals surface area (Å²) in [5.41, 5.74) is 4.39. The van der Waals surface area contributed by atoms with Crippen molar-refractivity contribution in [3.63, 3.8) is 0 Å². The third-order valence-electron chi connectivity index (χ3n) is 7.29. The number of nitrogens with one attached hydrogen (secondary N) is 1. The summed E-state index contributed by atoms with van der Waals surface area (Å²) < 4.78 is 19.7. The van der Waals surface area contributed by atoms with Crippen molar-refractivity contribution in [3.05, 3.63) is 89.2 Å². The maximum Gasteiger partial charge on any atom is 0.253 e. The summed E-state index contributed by atoms with van der Waals surface area (Å²) in [6.45, 7) is 5.27. The zero-order valence-electron chi connectivity index (χ0n) is 21.0. The molecule has 0 bridgehead atoms. The molecule has 0 aliphatic carbocycles. The molecule has 1 saturated heterocycles. The minimum atomic E-state index is -0.322. The van der Waals surface area contributed by atoms with E-state index in [9.17, 15) is 14.0 Å². The number of rotatable bonds is 6. The van der Waals surface area contributed by atoms with Crippen LogP contribution in [0.3, 0.4) is 0 Å². The maximum absolute atomic E-state index is 13.8. The summed E-state index contributed by atoms with van der Waals surface area (Å²) in [7, 11) is 0. The molecule has 190 valence electrons. The number of carbonyl (C=O) groups is 2. The van der Waals surface area contributed by atoms with E-state index in [0.29, 0.717) is 41.2 Å². The fourth-order valence-electron chi connectivity index (χ4n) is 4.86. The molecule has 1 N–H and O–H groups in total. The van der Waals surface area contributed by atoms with Crippen LogP contribution in [0, 0.1) is 24.6 Å².